The lowest BCUT2D eigenvalue weighted by Gasteiger charge is -2.08. The zero-order chi connectivity index (χ0) is 22.1. The van der Waals surface area contributed by atoms with Crippen molar-refractivity contribution in [3.63, 3.8) is 0 Å². The molecule has 30 heavy (non-hydrogen) atoms. The van der Waals surface area contributed by atoms with E-state index in [1.165, 1.54) is 17.4 Å². The van der Waals surface area contributed by atoms with Gasteiger partial charge in [0.05, 0.1) is 41.1 Å². The maximum atomic E-state index is 12.3. The van der Waals surface area contributed by atoms with Crippen LogP contribution in [0.25, 0.3) is 0 Å². The second kappa shape index (κ2) is 10.8. The molecule has 2 amide bonds. The Morgan fingerprint density at radius 1 is 1.30 bits per heavy atom. The van der Waals surface area contributed by atoms with Gasteiger partial charge >= 0.3 is 0 Å². The van der Waals surface area contributed by atoms with E-state index in [9.17, 15) is 9.59 Å². The zero-order valence-corrected chi connectivity index (χ0v) is 17.8. The Kier molecular flexibility index (Phi) is 8.14. The smallest absolute Gasteiger partial charge is 0.265 e. The molecule has 154 valence electrons. The average Bonchev–Trinajstić information content (AvgIpc) is 3.17. The van der Waals surface area contributed by atoms with Crippen molar-refractivity contribution in [3.8, 4) is 6.07 Å². The van der Waals surface area contributed by atoms with Crippen LogP contribution in [-0.2, 0) is 11.3 Å². The molecule has 8 nitrogen and oxygen atoms in total. The number of nitriles is 1. The van der Waals surface area contributed by atoms with Gasteiger partial charge in [0, 0.05) is 16.6 Å². The lowest BCUT2D eigenvalue weighted by molar-refractivity contribution is -0.115. The van der Waals surface area contributed by atoms with Crippen molar-refractivity contribution in [2.24, 2.45) is 9.98 Å². The normalized spacial score (nSPS) is 11.9. The van der Waals surface area contributed by atoms with Crippen molar-refractivity contribution < 1.29 is 9.59 Å². The molecular weight excluding hydrogens is 400 g/mol. The Hall–Kier alpha value is -3.64. The van der Waals surface area contributed by atoms with E-state index >= 15 is 0 Å². The number of aryl methyl sites for hydroxylation is 1. The monoisotopic (exact) mass is 422 g/mol. The second-order valence-electron chi connectivity index (χ2n) is 6.29. The first-order valence-electron chi connectivity index (χ1n) is 9.03. The van der Waals surface area contributed by atoms with Crippen LogP contribution in [0, 0.1) is 18.3 Å². The van der Waals surface area contributed by atoms with Crippen LogP contribution in [-0.4, -0.2) is 35.8 Å². The SMILES string of the molecule is C=N/C(CNC(=O)c1cccc(C#N)c1)=C(C)\N=C(/C)C(=O)NCc1cnc(C)s1. The van der Waals surface area contributed by atoms with E-state index in [2.05, 4.69) is 32.3 Å². The Balaban J connectivity index is 2.00. The van der Waals surface area contributed by atoms with E-state index in [1.54, 1.807) is 38.2 Å². The summed E-state index contributed by atoms with van der Waals surface area (Å²) in [5.74, 6) is -0.652. The van der Waals surface area contributed by atoms with Gasteiger partial charge in [-0.05, 0) is 45.7 Å². The van der Waals surface area contributed by atoms with Crippen LogP contribution in [0.4, 0.5) is 0 Å². The molecule has 0 aliphatic rings. The molecule has 0 radical (unpaired) electrons. The number of amides is 2. The third-order valence-corrected chi connectivity index (χ3v) is 4.95. The van der Waals surface area contributed by atoms with Crippen molar-refractivity contribution in [2.45, 2.75) is 27.3 Å². The molecule has 0 aliphatic heterocycles. The minimum atomic E-state index is -0.348. The van der Waals surface area contributed by atoms with Crippen molar-refractivity contribution in [1.29, 1.82) is 5.26 Å². The summed E-state index contributed by atoms with van der Waals surface area (Å²) in [6.45, 7) is 9.17. The van der Waals surface area contributed by atoms with Crippen molar-refractivity contribution >= 4 is 35.6 Å². The van der Waals surface area contributed by atoms with Crippen LogP contribution in [0.5, 0.6) is 0 Å². The second-order valence-corrected chi connectivity index (χ2v) is 7.61. The highest BCUT2D eigenvalue weighted by Crippen LogP contribution is 2.11. The summed E-state index contributed by atoms with van der Waals surface area (Å²) in [6, 6.07) is 8.38. The first-order chi connectivity index (χ1) is 14.3. The van der Waals surface area contributed by atoms with Crippen molar-refractivity contribution in [2.75, 3.05) is 6.54 Å². The number of allylic oxidation sites excluding steroid dienone is 1. The molecule has 2 aromatic rings. The molecule has 0 fully saturated rings. The van der Waals surface area contributed by atoms with Gasteiger partial charge in [0.2, 0.25) is 0 Å². The largest absolute Gasteiger partial charge is 0.346 e. The number of benzene rings is 1. The number of rotatable bonds is 8. The van der Waals surface area contributed by atoms with Gasteiger partial charge in [-0.2, -0.15) is 5.26 Å². The number of aliphatic imine (C=N–C) groups is 2. The summed E-state index contributed by atoms with van der Waals surface area (Å²) in [5, 5.41) is 15.4. The van der Waals surface area contributed by atoms with E-state index < -0.39 is 0 Å². The minimum absolute atomic E-state index is 0.0868. The van der Waals surface area contributed by atoms with Gasteiger partial charge < -0.3 is 10.6 Å². The fraction of sp³-hybridized carbons (Fsp3) is 0.238. The molecular formula is C21H22N6O2S. The summed E-state index contributed by atoms with van der Waals surface area (Å²) < 4.78 is 0. The quantitative estimate of drug-likeness (QED) is 0.636. The van der Waals surface area contributed by atoms with Gasteiger partial charge in [-0.25, -0.2) is 4.98 Å². The third-order valence-electron chi connectivity index (χ3n) is 4.04. The molecule has 0 saturated heterocycles. The van der Waals surface area contributed by atoms with Gasteiger partial charge in [0.25, 0.3) is 11.8 Å². The van der Waals surface area contributed by atoms with E-state index in [4.69, 9.17) is 5.26 Å². The fourth-order valence-corrected chi connectivity index (χ4v) is 3.18. The summed E-state index contributed by atoms with van der Waals surface area (Å²) in [7, 11) is 0. The molecule has 2 rings (SSSR count). The van der Waals surface area contributed by atoms with E-state index in [0.29, 0.717) is 29.1 Å². The first kappa shape index (κ1) is 22.6. The molecule has 0 bridgehead atoms. The summed E-state index contributed by atoms with van der Waals surface area (Å²) in [5.41, 5.74) is 1.94. The molecule has 0 atom stereocenters. The van der Waals surface area contributed by atoms with Gasteiger partial charge in [0.15, 0.2) is 0 Å². The average molecular weight is 423 g/mol. The number of carbonyl (C=O) groups excluding carboxylic acids is 2. The van der Waals surface area contributed by atoms with E-state index in [-0.39, 0.29) is 24.1 Å². The number of hydrogen-bond acceptors (Lipinski definition) is 7. The number of thiazole rings is 1. The molecule has 1 aromatic carbocycles. The molecule has 9 heteroatoms. The number of nitrogens with one attached hydrogen (secondary N) is 2. The van der Waals surface area contributed by atoms with Crippen LogP contribution < -0.4 is 10.6 Å². The number of carbonyl (C=O) groups is 2. The highest BCUT2D eigenvalue weighted by Gasteiger charge is 2.10. The number of aromatic nitrogens is 1. The zero-order valence-electron chi connectivity index (χ0n) is 17.0. The lowest BCUT2D eigenvalue weighted by atomic mass is 10.1. The summed E-state index contributed by atoms with van der Waals surface area (Å²) in [6.07, 6.45) is 1.73. The first-order valence-corrected chi connectivity index (χ1v) is 9.85. The summed E-state index contributed by atoms with van der Waals surface area (Å²) in [4.78, 5) is 37.9. The fourth-order valence-electron chi connectivity index (χ4n) is 2.44. The van der Waals surface area contributed by atoms with Crippen molar-refractivity contribution in [3.05, 3.63) is 62.9 Å². The molecule has 1 aromatic heterocycles. The lowest BCUT2D eigenvalue weighted by Crippen LogP contribution is -2.29. The van der Waals surface area contributed by atoms with Gasteiger partial charge in [0.1, 0.15) is 5.71 Å². The van der Waals surface area contributed by atoms with Crippen LogP contribution in [0.15, 0.2) is 51.8 Å². The van der Waals surface area contributed by atoms with Gasteiger partial charge in [-0.3, -0.25) is 19.6 Å². The molecule has 0 saturated carbocycles. The number of hydrogen-bond donors (Lipinski definition) is 2. The third kappa shape index (κ3) is 6.46. The molecule has 0 aliphatic carbocycles. The Labute approximate surface area is 179 Å². The minimum Gasteiger partial charge on any atom is -0.346 e. The highest BCUT2D eigenvalue weighted by atomic mass is 32.1. The van der Waals surface area contributed by atoms with Gasteiger partial charge in [-0.15, -0.1) is 11.3 Å². The Bertz CT molecular complexity index is 1060. The number of nitrogens with zero attached hydrogens (tertiary/aromatic N) is 4. The van der Waals surface area contributed by atoms with E-state index in [1.807, 2.05) is 13.0 Å². The maximum absolute atomic E-state index is 12.3. The Morgan fingerprint density at radius 2 is 2.07 bits per heavy atom. The molecule has 1 heterocycles. The van der Waals surface area contributed by atoms with Crippen LogP contribution in [0.2, 0.25) is 0 Å². The predicted molar refractivity (Wildman–Crippen MR) is 118 cm³/mol. The van der Waals surface area contributed by atoms with Gasteiger partial charge in [-0.1, -0.05) is 6.07 Å². The topological polar surface area (TPSA) is 120 Å². The summed E-state index contributed by atoms with van der Waals surface area (Å²) >= 11 is 1.52. The highest BCUT2D eigenvalue weighted by molar-refractivity contribution is 7.11. The maximum Gasteiger partial charge on any atom is 0.265 e. The predicted octanol–water partition coefficient (Wildman–Crippen LogP) is 2.76. The van der Waals surface area contributed by atoms with Crippen molar-refractivity contribution in [1.82, 2.24) is 15.6 Å². The molecule has 2 N–H and O–H groups in total. The van der Waals surface area contributed by atoms with Crippen LogP contribution >= 0.6 is 11.3 Å². The molecule has 0 unspecified atom stereocenters. The van der Waals surface area contributed by atoms with Crippen LogP contribution in [0.3, 0.4) is 0 Å². The van der Waals surface area contributed by atoms with Crippen LogP contribution in [0.1, 0.15) is 39.7 Å². The van der Waals surface area contributed by atoms with E-state index in [0.717, 1.165) is 9.88 Å². The standard InChI is InChI=1S/C21H22N6O2S/c1-13(27-14(2)20(28)25-11-18-10-24-15(3)30-18)19(23-4)12-26-21(29)17-7-5-6-16(8-17)9-22/h5-8,10H,4,11-12H2,1-3H3,(H,25,28)(H,26,29)/b19-13-,27-14+. The Morgan fingerprint density at radius 3 is 2.70 bits per heavy atom. The molecule has 0 spiro atoms.